The Labute approximate surface area is 218 Å². The van der Waals surface area contributed by atoms with Gasteiger partial charge in [-0.15, -0.1) is 0 Å². The summed E-state index contributed by atoms with van der Waals surface area (Å²) in [6.45, 7) is 4.57. The molecule has 0 spiro atoms. The average Bonchev–Trinajstić information content (AvgIpc) is 3.41. The van der Waals surface area contributed by atoms with Crippen molar-refractivity contribution in [3.8, 4) is 11.5 Å². The molecule has 7 nitrogen and oxygen atoms in total. The quantitative estimate of drug-likeness (QED) is 0.133. The van der Waals surface area contributed by atoms with Crippen molar-refractivity contribution in [1.82, 2.24) is 4.98 Å². The lowest BCUT2D eigenvalue weighted by atomic mass is 9.95. The number of carbonyl (C=O) groups is 2. The fourth-order valence-corrected chi connectivity index (χ4v) is 5.48. The van der Waals surface area contributed by atoms with Crippen LogP contribution >= 0.6 is 11.3 Å². The number of benzene rings is 3. The van der Waals surface area contributed by atoms with Crippen molar-refractivity contribution in [1.29, 1.82) is 0 Å². The monoisotopic (exact) mass is 514 g/mol. The molecule has 2 N–H and O–H groups in total. The van der Waals surface area contributed by atoms with Crippen LogP contribution in [0.5, 0.6) is 11.5 Å². The number of aryl methyl sites for hydroxylation is 1. The van der Waals surface area contributed by atoms with Crippen molar-refractivity contribution < 1.29 is 24.5 Å². The highest BCUT2D eigenvalue weighted by Gasteiger charge is 2.48. The molecular formula is C29H26N2O5S. The Hall–Kier alpha value is -4.17. The molecule has 3 aromatic carbocycles. The SMILES string of the molecule is CCCCOc1cccc(C(O)=C2C(=O)C(=O)N(c3nc4ccc(C)cc4s3)C2c2cccc(O)c2)c1. The largest absolute Gasteiger partial charge is 0.508 e. The predicted molar refractivity (Wildman–Crippen MR) is 144 cm³/mol. The maximum absolute atomic E-state index is 13.4. The fourth-order valence-electron chi connectivity index (χ4n) is 4.39. The van der Waals surface area contributed by atoms with Gasteiger partial charge in [0.15, 0.2) is 5.13 Å². The van der Waals surface area contributed by atoms with Crippen LogP contribution in [0, 0.1) is 6.92 Å². The summed E-state index contributed by atoms with van der Waals surface area (Å²) in [7, 11) is 0. The van der Waals surface area contributed by atoms with E-state index in [0.717, 1.165) is 23.1 Å². The number of anilines is 1. The second-order valence-electron chi connectivity index (χ2n) is 8.96. The molecule has 0 aliphatic carbocycles. The number of aliphatic hydroxyl groups excluding tert-OH is 1. The van der Waals surface area contributed by atoms with Crippen LogP contribution in [0.15, 0.2) is 72.3 Å². The minimum absolute atomic E-state index is 0.0191. The summed E-state index contributed by atoms with van der Waals surface area (Å²) in [5, 5.41) is 21.9. The van der Waals surface area contributed by atoms with Gasteiger partial charge in [-0.2, -0.15) is 0 Å². The zero-order chi connectivity index (χ0) is 26.1. The Morgan fingerprint density at radius 2 is 1.89 bits per heavy atom. The fraction of sp³-hybridized carbons (Fsp3) is 0.207. The van der Waals surface area contributed by atoms with Gasteiger partial charge in [-0.05, 0) is 60.9 Å². The van der Waals surface area contributed by atoms with Crippen molar-refractivity contribution >= 4 is 44.1 Å². The molecule has 1 atom stereocenters. The molecule has 1 fully saturated rings. The predicted octanol–water partition coefficient (Wildman–Crippen LogP) is 6.12. The highest BCUT2D eigenvalue weighted by atomic mass is 32.1. The standard InChI is InChI=1S/C29H26N2O5S/c1-3-4-13-36-21-10-6-8-19(16-21)26(33)24-25(18-7-5-9-20(32)15-18)31(28(35)27(24)34)29-30-22-12-11-17(2)14-23(22)37-29/h5-12,14-16,25,32-33H,3-4,13H2,1-2H3. The third-order valence-corrected chi connectivity index (χ3v) is 7.26. The van der Waals surface area contributed by atoms with Crippen molar-refractivity contribution in [3.05, 3.63) is 89.0 Å². The van der Waals surface area contributed by atoms with Crippen LogP contribution in [0.3, 0.4) is 0 Å². The van der Waals surface area contributed by atoms with Gasteiger partial charge >= 0.3 is 5.91 Å². The summed E-state index contributed by atoms with van der Waals surface area (Å²) in [6.07, 6.45) is 1.87. The van der Waals surface area contributed by atoms with Gasteiger partial charge in [0.05, 0.1) is 28.4 Å². The molecule has 4 aromatic rings. The van der Waals surface area contributed by atoms with Gasteiger partial charge in [0.2, 0.25) is 0 Å². The lowest BCUT2D eigenvalue weighted by molar-refractivity contribution is -0.132. The van der Waals surface area contributed by atoms with Crippen LogP contribution in [-0.2, 0) is 9.59 Å². The smallest absolute Gasteiger partial charge is 0.301 e. The molecule has 0 bridgehead atoms. The minimum atomic E-state index is -0.974. The van der Waals surface area contributed by atoms with E-state index in [9.17, 15) is 19.8 Å². The van der Waals surface area contributed by atoms with Crippen LogP contribution in [0.2, 0.25) is 0 Å². The van der Waals surface area contributed by atoms with Crippen LogP contribution in [0.4, 0.5) is 5.13 Å². The Bertz CT molecular complexity index is 1540. The number of hydrogen-bond donors (Lipinski definition) is 2. The third-order valence-electron chi connectivity index (χ3n) is 6.24. The first-order valence-corrected chi connectivity index (χ1v) is 12.9. The molecule has 188 valence electrons. The lowest BCUT2D eigenvalue weighted by Crippen LogP contribution is -2.29. The van der Waals surface area contributed by atoms with E-state index in [1.807, 2.05) is 25.1 Å². The van der Waals surface area contributed by atoms with E-state index in [1.165, 1.54) is 28.4 Å². The summed E-state index contributed by atoms with van der Waals surface area (Å²) in [6, 6.07) is 18.0. The molecule has 0 radical (unpaired) electrons. The second-order valence-corrected chi connectivity index (χ2v) is 9.97. The molecule has 1 aliphatic heterocycles. The van der Waals surface area contributed by atoms with Gasteiger partial charge in [0.25, 0.3) is 5.78 Å². The summed E-state index contributed by atoms with van der Waals surface area (Å²) in [5.41, 5.74) is 2.52. The van der Waals surface area contributed by atoms with Gasteiger partial charge in [0.1, 0.15) is 17.3 Å². The van der Waals surface area contributed by atoms with Crippen LogP contribution in [0.1, 0.15) is 42.5 Å². The van der Waals surface area contributed by atoms with Gasteiger partial charge in [-0.1, -0.05) is 55.0 Å². The van der Waals surface area contributed by atoms with E-state index in [2.05, 4.69) is 11.9 Å². The lowest BCUT2D eigenvalue weighted by Gasteiger charge is -2.23. The van der Waals surface area contributed by atoms with E-state index < -0.39 is 17.7 Å². The molecule has 2 heterocycles. The average molecular weight is 515 g/mol. The molecule has 5 rings (SSSR count). The van der Waals surface area contributed by atoms with Crippen LogP contribution in [0.25, 0.3) is 16.0 Å². The maximum atomic E-state index is 13.4. The van der Waals surface area contributed by atoms with E-state index >= 15 is 0 Å². The molecular weight excluding hydrogens is 488 g/mol. The Balaban J connectivity index is 1.65. The number of thiazole rings is 1. The van der Waals surface area contributed by atoms with Gasteiger partial charge < -0.3 is 14.9 Å². The number of phenolic OH excluding ortho intramolecular Hbond substituents is 1. The molecule has 8 heteroatoms. The molecule has 37 heavy (non-hydrogen) atoms. The number of aromatic hydroxyl groups is 1. The van der Waals surface area contributed by atoms with E-state index in [0.29, 0.717) is 34.1 Å². The molecule has 1 aromatic heterocycles. The molecule has 1 amide bonds. The zero-order valence-electron chi connectivity index (χ0n) is 20.5. The number of fused-ring (bicyclic) bond motifs is 1. The second kappa shape index (κ2) is 10.1. The molecule has 0 saturated carbocycles. The normalized spacial score (nSPS) is 17.0. The number of ketones is 1. The minimum Gasteiger partial charge on any atom is -0.508 e. The summed E-state index contributed by atoms with van der Waals surface area (Å²) in [4.78, 5) is 32.8. The van der Waals surface area contributed by atoms with Crippen molar-refractivity contribution in [2.45, 2.75) is 32.7 Å². The molecule has 1 aliphatic rings. The zero-order valence-corrected chi connectivity index (χ0v) is 21.3. The summed E-state index contributed by atoms with van der Waals surface area (Å²) in [5.74, 6) is -1.39. The number of phenols is 1. The van der Waals surface area contributed by atoms with Crippen molar-refractivity contribution in [3.63, 3.8) is 0 Å². The number of ether oxygens (including phenoxy) is 1. The highest BCUT2D eigenvalue weighted by Crippen LogP contribution is 2.45. The van der Waals surface area contributed by atoms with E-state index in [-0.39, 0.29) is 17.1 Å². The van der Waals surface area contributed by atoms with Gasteiger partial charge in [-0.25, -0.2) is 4.98 Å². The number of unbranched alkanes of at least 4 members (excludes halogenated alkanes) is 1. The summed E-state index contributed by atoms with van der Waals surface area (Å²) >= 11 is 1.30. The molecule has 1 saturated heterocycles. The number of Topliss-reactive ketones (excluding diaryl/α,β-unsaturated/α-hetero) is 1. The topological polar surface area (TPSA) is 100.0 Å². The highest BCUT2D eigenvalue weighted by molar-refractivity contribution is 7.22. The van der Waals surface area contributed by atoms with Crippen molar-refractivity contribution in [2.75, 3.05) is 11.5 Å². The summed E-state index contributed by atoms with van der Waals surface area (Å²) < 4.78 is 6.65. The Kier molecular flexibility index (Phi) is 6.67. The first-order valence-electron chi connectivity index (χ1n) is 12.1. The number of nitrogens with zero attached hydrogens (tertiary/aromatic N) is 2. The van der Waals surface area contributed by atoms with Crippen LogP contribution < -0.4 is 9.64 Å². The first kappa shape index (κ1) is 24.5. The van der Waals surface area contributed by atoms with E-state index in [1.54, 1.807) is 36.4 Å². The van der Waals surface area contributed by atoms with Crippen molar-refractivity contribution in [2.24, 2.45) is 0 Å². The maximum Gasteiger partial charge on any atom is 0.301 e. The Morgan fingerprint density at radius 3 is 2.68 bits per heavy atom. The number of rotatable bonds is 7. The van der Waals surface area contributed by atoms with E-state index in [4.69, 9.17) is 4.74 Å². The number of aromatic nitrogens is 1. The van der Waals surface area contributed by atoms with Crippen LogP contribution in [-0.4, -0.2) is 33.5 Å². The molecule has 1 unspecified atom stereocenters. The first-order chi connectivity index (χ1) is 17.9. The van der Waals surface area contributed by atoms with Gasteiger partial charge in [0, 0.05) is 5.56 Å². The number of aliphatic hydroxyl groups is 1. The van der Waals surface area contributed by atoms with Gasteiger partial charge in [-0.3, -0.25) is 14.5 Å². The Morgan fingerprint density at radius 1 is 1.08 bits per heavy atom. The third kappa shape index (κ3) is 4.68. The number of hydrogen-bond acceptors (Lipinski definition) is 7. The number of carbonyl (C=O) groups excluding carboxylic acids is 2. The number of amides is 1.